The van der Waals surface area contributed by atoms with Gasteiger partial charge in [0, 0.05) is 0 Å². The molecule has 80 valence electrons. The zero-order chi connectivity index (χ0) is 10.8. The lowest BCUT2D eigenvalue weighted by Crippen LogP contribution is -2.42. The molecule has 0 bridgehead atoms. The Hall–Kier alpha value is -1.06. The van der Waals surface area contributed by atoms with Crippen molar-refractivity contribution in [3.8, 4) is 0 Å². The quantitative estimate of drug-likeness (QED) is 0.685. The molecule has 0 radical (unpaired) electrons. The molecule has 2 atom stereocenters. The first-order chi connectivity index (χ1) is 6.52. The van der Waals surface area contributed by atoms with E-state index in [4.69, 9.17) is 5.11 Å². The Labute approximate surface area is 83.2 Å². The minimum atomic E-state index is -0.939. The van der Waals surface area contributed by atoms with Crippen LogP contribution in [0.1, 0.15) is 32.6 Å². The topological polar surface area (TPSA) is 63.6 Å². The molecule has 1 rings (SSSR count). The summed E-state index contributed by atoms with van der Waals surface area (Å²) in [5, 5.41) is 9.10. The van der Waals surface area contributed by atoms with Crippen molar-refractivity contribution >= 4 is 11.9 Å². The van der Waals surface area contributed by atoms with Crippen molar-refractivity contribution < 1.29 is 19.4 Å². The van der Waals surface area contributed by atoms with E-state index in [1.54, 1.807) is 6.92 Å². The SMILES string of the molecule is COC(=O)C1CCCCC1(C)C(=O)O. The van der Waals surface area contributed by atoms with Crippen LogP contribution in [0.4, 0.5) is 0 Å². The van der Waals surface area contributed by atoms with Gasteiger partial charge in [0.15, 0.2) is 0 Å². The van der Waals surface area contributed by atoms with E-state index in [0.29, 0.717) is 12.8 Å². The van der Waals surface area contributed by atoms with Gasteiger partial charge in [0.1, 0.15) is 0 Å². The molecule has 1 N–H and O–H groups in total. The highest BCUT2D eigenvalue weighted by molar-refractivity contribution is 5.84. The molecule has 1 aliphatic carbocycles. The van der Waals surface area contributed by atoms with E-state index >= 15 is 0 Å². The van der Waals surface area contributed by atoms with Gasteiger partial charge in [-0.25, -0.2) is 0 Å². The maximum atomic E-state index is 11.4. The molecule has 2 unspecified atom stereocenters. The molecule has 14 heavy (non-hydrogen) atoms. The van der Waals surface area contributed by atoms with E-state index in [9.17, 15) is 9.59 Å². The second kappa shape index (κ2) is 3.98. The van der Waals surface area contributed by atoms with Crippen LogP contribution >= 0.6 is 0 Å². The van der Waals surface area contributed by atoms with Gasteiger partial charge in [0.2, 0.25) is 0 Å². The number of methoxy groups -OCH3 is 1. The van der Waals surface area contributed by atoms with Gasteiger partial charge < -0.3 is 9.84 Å². The number of carboxylic acids is 1. The van der Waals surface area contributed by atoms with Crippen LogP contribution in [0.25, 0.3) is 0 Å². The van der Waals surface area contributed by atoms with Crippen LogP contribution in [0, 0.1) is 11.3 Å². The third-order valence-electron chi connectivity index (χ3n) is 3.18. The lowest BCUT2D eigenvalue weighted by atomic mass is 9.67. The largest absolute Gasteiger partial charge is 0.481 e. The number of hydrogen-bond donors (Lipinski definition) is 1. The van der Waals surface area contributed by atoms with E-state index in [-0.39, 0.29) is 0 Å². The Bertz CT molecular complexity index is 249. The zero-order valence-corrected chi connectivity index (χ0v) is 8.58. The molecule has 0 saturated heterocycles. The maximum absolute atomic E-state index is 11.4. The number of carboxylic acid groups (broad SMARTS) is 1. The van der Waals surface area contributed by atoms with Crippen LogP contribution in [0.5, 0.6) is 0 Å². The van der Waals surface area contributed by atoms with Crippen LogP contribution in [-0.4, -0.2) is 24.2 Å². The van der Waals surface area contributed by atoms with Crippen molar-refractivity contribution in [2.24, 2.45) is 11.3 Å². The predicted octanol–water partition coefficient (Wildman–Crippen LogP) is 1.44. The highest BCUT2D eigenvalue weighted by atomic mass is 16.5. The van der Waals surface area contributed by atoms with Gasteiger partial charge >= 0.3 is 11.9 Å². The second-order valence-electron chi connectivity index (χ2n) is 4.04. The minimum absolute atomic E-state index is 0.394. The van der Waals surface area contributed by atoms with E-state index in [1.807, 2.05) is 0 Å². The fraction of sp³-hybridized carbons (Fsp3) is 0.800. The van der Waals surface area contributed by atoms with Crippen LogP contribution < -0.4 is 0 Å². The normalized spacial score (nSPS) is 32.3. The van der Waals surface area contributed by atoms with E-state index in [0.717, 1.165) is 12.8 Å². The number of hydrogen-bond acceptors (Lipinski definition) is 3. The van der Waals surface area contributed by atoms with Crippen LogP contribution in [0.15, 0.2) is 0 Å². The van der Waals surface area contributed by atoms with Crippen molar-refractivity contribution in [1.29, 1.82) is 0 Å². The summed E-state index contributed by atoms with van der Waals surface area (Å²) < 4.78 is 4.63. The molecule has 0 aliphatic heterocycles. The van der Waals surface area contributed by atoms with Gasteiger partial charge in [-0.3, -0.25) is 9.59 Å². The smallest absolute Gasteiger partial charge is 0.310 e. The molecular formula is C10H16O4. The molecule has 1 saturated carbocycles. The number of carbonyl (C=O) groups excluding carboxylic acids is 1. The Morgan fingerprint density at radius 3 is 2.57 bits per heavy atom. The fourth-order valence-electron chi connectivity index (χ4n) is 2.11. The minimum Gasteiger partial charge on any atom is -0.481 e. The number of aliphatic carboxylic acids is 1. The average Bonchev–Trinajstić information content (AvgIpc) is 2.17. The summed E-state index contributed by atoms with van der Waals surface area (Å²) in [5.74, 6) is -1.78. The summed E-state index contributed by atoms with van der Waals surface area (Å²) in [6, 6.07) is 0. The maximum Gasteiger partial charge on any atom is 0.310 e. The van der Waals surface area contributed by atoms with Crippen LogP contribution in [0.2, 0.25) is 0 Å². The lowest BCUT2D eigenvalue weighted by Gasteiger charge is -2.35. The fourth-order valence-corrected chi connectivity index (χ4v) is 2.11. The van der Waals surface area contributed by atoms with Crippen LogP contribution in [-0.2, 0) is 14.3 Å². The Kier molecular flexibility index (Phi) is 3.13. The molecular weight excluding hydrogens is 184 g/mol. The van der Waals surface area contributed by atoms with Crippen LogP contribution in [0.3, 0.4) is 0 Å². The van der Waals surface area contributed by atoms with Gasteiger partial charge in [0.05, 0.1) is 18.4 Å². The van der Waals surface area contributed by atoms with Crippen molar-refractivity contribution in [2.75, 3.05) is 7.11 Å². The van der Waals surface area contributed by atoms with Gasteiger partial charge in [-0.1, -0.05) is 12.8 Å². The molecule has 0 spiro atoms. The zero-order valence-electron chi connectivity index (χ0n) is 8.58. The third-order valence-corrected chi connectivity index (χ3v) is 3.18. The van der Waals surface area contributed by atoms with Gasteiger partial charge in [-0.05, 0) is 19.8 Å². The monoisotopic (exact) mass is 200 g/mol. The summed E-state index contributed by atoms with van der Waals surface area (Å²) in [5.41, 5.74) is -0.939. The first-order valence-corrected chi connectivity index (χ1v) is 4.83. The van der Waals surface area contributed by atoms with Gasteiger partial charge in [-0.15, -0.1) is 0 Å². The average molecular weight is 200 g/mol. The summed E-state index contributed by atoms with van der Waals surface area (Å²) >= 11 is 0. The lowest BCUT2D eigenvalue weighted by molar-refractivity contribution is -0.166. The number of rotatable bonds is 2. The van der Waals surface area contributed by atoms with Crippen molar-refractivity contribution in [3.63, 3.8) is 0 Å². The summed E-state index contributed by atoms with van der Waals surface area (Å²) in [6.07, 6.45) is 2.95. The summed E-state index contributed by atoms with van der Waals surface area (Å²) in [7, 11) is 1.30. The number of esters is 1. The van der Waals surface area contributed by atoms with E-state index in [1.165, 1.54) is 7.11 Å². The molecule has 0 aromatic rings. The Balaban J connectivity index is 2.88. The van der Waals surface area contributed by atoms with Crippen molar-refractivity contribution in [1.82, 2.24) is 0 Å². The molecule has 1 aliphatic rings. The third kappa shape index (κ3) is 1.74. The second-order valence-corrected chi connectivity index (χ2v) is 4.04. The van der Waals surface area contributed by atoms with E-state index < -0.39 is 23.3 Å². The standard InChI is InChI=1S/C10H16O4/c1-10(9(12)13)6-4-3-5-7(10)8(11)14-2/h7H,3-6H2,1-2H3,(H,12,13). The van der Waals surface area contributed by atoms with Crippen molar-refractivity contribution in [3.05, 3.63) is 0 Å². The first kappa shape index (κ1) is 11.0. The Morgan fingerprint density at radius 2 is 2.07 bits per heavy atom. The molecule has 0 aromatic heterocycles. The molecule has 1 fully saturated rings. The van der Waals surface area contributed by atoms with Gasteiger partial charge in [-0.2, -0.15) is 0 Å². The molecule has 0 amide bonds. The molecule has 0 heterocycles. The van der Waals surface area contributed by atoms with Crippen molar-refractivity contribution in [2.45, 2.75) is 32.6 Å². The van der Waals surface area contributed by atoms with Gasteiger partial charge in [0.25, 0.3) is 0 Å². The summed E-state index contributed by atoms with van der Waals surface area (Å²) in [4.78, 5) is 22.5. The van der Waals surface area contributed by atoms with E-state index in [2.05, 4.69) is 4.74 Å². The Morgan fingerprint density at radius 1 is 1.43 bits per heavy atom. The highest BCUT2D eigenvalue weighted by Gasteiger charge is 2.47. The number of ether oxygens (including phenoxy) is 1. The highest BCUT2D eigenvalue weighted by Crippen LogP contribution is 2.41. The molecule has 4 nitrogen and oxygen atoms in total. The summed E-state index contributed by atoms with van der Waals surface area (Å²) in [6.45, 7) is 1.64. The predicted molar refractivity (Wildman–Crippen MR) is 49.7 cm³/mol. The molecule has 0 aromatic carbocycles. The molecule has 4 heteroatoms. The number of carbonyl (C=O) groups is 2. The first-order valence-electron chi connectivity index (χ1n) is 4.83.